The van der Waals surface area contributed by atoms with Crippen LogP contribution in [0.25, 0.3) is 0 Å². The number of nitrogens with one attached hydrogen (secondary N) is 1. The second kappa shape index (κ2) is 8.87. The highest BCUT2D eigenvalue weighted by atomic mass is 16.5. The predicted octanol–water partition coefficient (Wildman–Crippen LogP) is 3.54. The highest BCUT2D eigenvalue weighted by Gasteiger charge is 2.14. The molecule has 0 saturated carbocycles. The monoisotopic (exact) mass is 341 g/mol. The standard InChI is InChI=1S/C20H23NO4/c1-4-18(22)15-9-11-16(12-10-15)25-13-20(23)21-14(2)17-7-5-6-8-19(17)24-3/h5-12,14H,4,13H2,1-3H3,(H,21,23)/t14-/m1/s1. The van der Waals surface area contributed by atoms with Gasteiger partial charge in [-0.25, -0.2) is 0 Å². The summed E-state index contributed by atoms with van der Waals surface area (Å²) in [6.45, 7) is 3.61. The normalized spacial score (nSPS) is 11.5. The van der Waals surface area contributed by atoms with E-state index in [1.54, 1.807) is 31.4 Å². The first kappa shape index (κ1) is 18.5. The van der Waals surface area contributed by atoms with Crippen LogP contribution in [0.4, 0.5) is 0 Å². The molecule has 0 saturated heterocycles. The van der Waals surface area contributed by atoms with Gasteiger partial charge in [0.05, 0.1) is 13.2 Å². The number of methoxy groups -OCH3 is 1. The van der Waals surface area contributed by atoms with Gasteiger partial charge in [0.1, 0.15) is 11.5 Å². The number of ketones is 1. The maximum absolute atomic E-state index is 12.1. The van der Waals surface area contributed by atoms with Crippen LogP contribution < -0.4 is 14.8 Å². The number of hydrogen-bond donors (Lipinski definition) is 1. The van der Waals surface area contributed by atoms with E-state index in [0.29, 0.717) is 17.7 Å². The number of Topliss-reactive ketones (excluding diaryl/α,β-unsaturated/α-hetero) is 1. The van der Waals surface area contributed by atoms with Gasteiger partial charge >= 0.3 is 0 Å². The summed E-state index contributed by atoms with van der Waals surface area (Å²) in [4.78, 5) is 23.7. The Hall–Kier alpha value is -2.82. The number of carbonyl (C=O) groups is 2. The molecule has 0 radical (unpaired) electrons. The predicted molar refractivity (Wildman–Crippen MR) is 96.1 cm³/mol. The van der Waals surface area contributed by atoms with E-state index in [1.165, 1.54) is 0 Å². The number of amides is 1. The van der Waals surface area contributed by atoms with E-state index < -0.39 is 0 Å². The minimum atomic E-state index is -0.230. The van der Waals surface area contributed by atoms with Crippen molar-refractivity contribution in [3.05, 3.63) is 59.7 Å². The molecular weight excluding hydrogens is 318 g/mol. The zero-order chi connectivity index (χ0) is 18.2. The van der Waals surface area contributed by atoms with E-state index in [2.05, 4.69) is 5.32 Å². The number of benzene rings is 2. The maximum Gasteiger partial charge on any atom is 0.258 e. The van der Waals surface area contributed by atoms with Crippen molar-refractivity contribution in [2.24, 2.45) is 0 Å². The molecule has 0 aliphatic rings. The summed E-state index contributed by atoms with van der Waals surface area (Å²) in [6, 6.07) is 14.1. The smallest absolute Gasteiger partial charge is 0.258 e. The van der Waals surface area contributed by atoms with Gasteiger partial charge in [0.15, 0.2) is 12.4 Å². The van der Waals surface area contributed by atoms with Crippen LogP contribution in [0, 0.1) is 0 Å². The van der Waals surface area contributed by atoms with Crippen molar-refractivity contribution in [1.82, 2.24) is 5.32 Å². The maximum atomic E-state index is 12.1. The van der Waals surface area contributed by atoms with Gasteiger partial charge < -0.3 is 14.8 Å². The molecule has 0 aromatic heterocycles. The van der Waals surface area contributed by atoms with Gasteiger partial charge in [-0.1, -0.05) is 25.1 Å². The molecule has 2 aromatic carbocycles. The zero-order valence-electron chi connectivity index (χ0n) is 14.7. The van der Waals surface area contributed by atoms with Crippen LogP contribution in [0.1, 0.15) is 42.2 Å². The van der Waals surface area contributed by atoms with Crippen molar-refractivity contribution < 1.29 is 19.1 Å². The Morgan fingerprint density at radius 1 is 1.08 bits per heavy atom. The molecule has 0 unspecified atom stereocenters. The molecule has 1 amide bonds. The summed E-state index contributed by atoms with van der Waals surface area (Å²) >= 11 is 0. The minimum absolute atomic E-state index is 0.0786. The molecule has 25 heavy (non-hydrogen) atoms. The quantitative estimate of drug-likeness (QED) is 0.746. The molecule has 1 N–H and O–H groups in total. The van der Waals surface area contributed by atoms with Crippen LogP contribution in [-0.2, 0) is 4.79 Å². The summed E-state index contributed by atoms with van der Waals surface area (Å²) in [5.41, 5.74) is 1.55. The van der Waals surface area contributed by atoms with Crippen molar-refractivity contribution in [3.63, 3.8) is 0 Å². The van der Waals surface area contributed by atoms with Crippen LogP contribution in [0.3, 0.4) is 0 Å². The topological polar surface area (TPSA) is 64.6 Å². The lowest BCUT2D eigenvalue weighted by Gasteiger charge is -2.17. The number of para-hydroxylation sites is 1. The highest BCUT2D eigenvalue weighted by molar-refractivity contribution is 5.95. The molecule has 5 heteroatoms. The number of hydrogen-bond acceptors (Lipinski definition) is 4. The van der Waals surface area contributed by atoms with E-state index in [-0.39, 0.29) is 24.3 Å². The molecule has 0 aliphatic heterocycles. The molecule has 0 fully saturated rings. The molecule has 2 aromatic rings. The molecule has 0 aliphatic carbocycles. The van der Waals surface area contributed by atoms with Gasteiger partial charge in [-0.2, -0.15) is 0 Å². The molecule has 5 nitrogen and oxygen atoms in total. The van der Waals surface area contributed by atoms with Crippen molar-refractivity contribution in [2.75, 3.05) is 13.7 Å². The Labute approximate surface area is 148 Å². The average Bonchev–Trinajstić information content (AvgIpc) is 2.66. The van der Waals surface area contributed by atoms with Crippen LogP contribution in [0.15, 0.2) is 48.5 Å². The van der Waals surface area contributed by atoms with Crippen LogP contribution >= 0.6 is 0 Å². The lowest BCUT2D eigenvalue weighted by atomic mass is 10.1. The van der Waals surface area contributed by atoms with Crippen LogP contribution in [-0.4, -0.2) is 25.4 Å². The number of ether oxygens (including phenoxy) is 2. The van der Waals surface area contributed by atoms with Crippen molar-refractivity contribution in [3.8, 4) is 11.5 Å². The Balaban J connectivity index is 1.89. The van der Waals surface area contributed by atoms with E-state index in [9.17, 15) is 9.59 Å². The Morgan fingerprint density at radius 2 is 1.76 bits per heavy atom. The fourth-order valence-corrected chi connectivity index (χ4v) is 2.48. The molecule has 0 bridgehead atoms. The summed E-state index contributed by atoms with van der Waals surface area (Å²) < 4.78 is 10.8. The van der Waals surface area contributed by atoms with Crippen molar-refractivity contribution in [1.29, 1.82) is 0 Å². The Morgan fingerprint density at radius 3 is 2.40 bits per heavy atom. The van der Waals surface area contributed by atoms with Crippen molar-refractivity contribution in [2.45, 2.75) is 26.3 Å². The lowest BCUT2D eigenvalue weighted by molar-refractivity contribution is -0.123. The third kappa shape index (κ3) is 5.08. The summed E-state index contributed by atoms with van der Waals surface area (Å²) in [6.07, 6.45) is 0.462. The lowest BCUT2D eigenvalue weighted by Crippen LogP contribution is -2.31. The van der Waals surface area contributed by atoms with Gasteiger partial charge in [-0.3, -0.25) is 9.59 Å². The third-order valence-corrected chi connectivity index (χ3v) is 3.85. The molecule has 2 rings (SSSR count). The number of carbonyl (C=O) groups excluding carboxylic acids is 2. The van der Waals surface area contributed by atoms with E-state index in [0.717, 1.165) is 11.3 Å². The first-order chi connectivity index (χ1) is 12.0. The fourth-order valence-electron chi connectivity index (χ4n) is 2.48. The van der Waals surface area contributed by atoms with E-state index in [4.69, 9.17) is 9.47 Å². The Kier molecular flexibility index (Phi) is 6.57. The summed E-state index contributed by atoms with van der Waals surface area (Å²) in [5.74, 6) is 1.13. The zero-order valence-corrected chi connectivity index (χ0v) is 14.7. The van der Waals surface area contributed by atoms with Crippen LogP contribution in [0.2, 0.25) is 0 Å². The SMILES string of the molecule is CCC(=O)c1ccc(OCC(=O)N[C@H](C)c2ccccc2OC)cc1. The first-order valence-electron chi connectivity index (χ1n) is 8.23. The first-order valence-corrected chi connectivity index (χ1v) is 8.23. The van der Waals surface area contributed by atoms with E-state index >= 15 is 0 Å². The molecule has 1 atom stereocenters. The largest absolute Gasteiger partial charge is 0.496 e. The van der Waals surface area contributed by atoms with Gasteiger partial charge in [-0.15, -0.1) is 0 Å². The average molecular weight is 341 g/mol. The molecule has 0 heterocycles. The Bertz CT molecular complexity index is 725. The van der Waals surface area contributed by atoms with Gasteiger partial charge in [0, 0.05) is 17.5 Å². The van der Waals surface area contributed by atoms with Gasteiger partial charge in [0.25, 0.3) is 5.91 Å². The molecule has 132 valence electrons. The second-order valence-electron chi connectivity index (χ2n) is 5.62. The molecular formula is C20H23NO4. The summed E-state index contributed by atoms with van der Waals surface area (Å²) in [5, 5.41) is 2.88. The minimum Gasteiger partial charge on any atom is -0.496 e. The van der Waals surface area contributed by atoms with E-state index in [1.807, 2.05) is 38.1 Å². The number of rotatable bonds is 8. The van der Waals surface area contributed by atoms with Gasteiger partial charge in [-0.05, 0) is 37.3 Å². The third-order valence-electron chi connectivity index (χ3n) is 3.85. The van der Waals surface area contributed by atoms with Crippen LogP contribution in [0.5, 0.6) is 11.5 Å². The van der Waals surface area contributed by atoms with Crippen molar-refractivity contribution >= 4 is 11.7 Å². The second-order valence-corrected chi connectivity index (χ2v) is 5.62. The molecule has 0 spiro atoms. The fraction of sp³-hybridized carbons (Fsp3) is 0.300. The highest BCUT2D eigenvalue weighted by Crippen LogP contribution is 2.24. The van der Waals surface area contributed by atoms with Gasteiger partial charge in [0.2, 0.25) is 0 Å². The summed E-state index contributed by atoms with van der Waals surface area (Å²) in [7, 11) is 1.60.